The zero-order chi connectivity index (χ0) is 10.8. The summed E-state index contributed by atoms with van der Waals surface area (Å²) in [4.78, 5) is 15.5. The van der Waals surface area contributed by atoms with E-state index in [1.165, 1.54) is 7.11 Å². The van der Waals surface area contributed by atoms with Crippen LogP contribution in [0.2, 0.25) is 0 Å². The monoisotopic (exact) mass is 224 g/mol. The zero-order valence-corrected chi connectivity index (χ0v) is 8.86. The van der Waals surface area contributed by atoms with Gasteiger partial charge in [0, 0.05) is 12.4 Å². The molecule has 0 saturated heterocycles. The second kappa shape index (κ2) is 3.90. The number of imidazole rings is 1. The molecule has 0 aliphatic carbocycles. The Balaban J connectivity index is 2.50. The zero-order valence-electron chi connectivity index (χ0n) is 8.11. The van der Waals surface area contributed by atoms with Crippen LogP contribution in [-0.2, 0) is 10.6 Å². The number of nitrogens with zero attached hydrogens (tertiary/aromatic N) is 2. The molecule has 0 bridgehead atoms. The van der Waals surface area contributed by atoms with E-state index in [9.17, 15) is 4.79 Å². The normalized spacial score (nSPS) is 10.5. The van der Waals surface area contributed by atoms with Gasteiger partial charge < -0.3 is 9.14 Å². The van der Waals surface area contributed by atoms with Crippen LogP contribution < -0.4 is 0 Å². The van der Waals surface area contributed by atoms with Crippen LogP contribution in [0.1, 0.15) is 16.1 Å². The van der Waals surface area contributed by atoms with Gasteiger partial charge in [0.25, 0.3) is 0 Å². The second-order valence-corrected chi connectivity index (χ2v) is 3.31. The molecular weight excluding hydrogens is 216 g/mol. The highest BCUT2D eigenvalue weighted by atomic mass is 35.5. The van der Waals surface area contributed by atoms with Crippen LogP contribution in [0.15, 0.2) is 24.5 Å². The number of esters is 1. The van der Waals surface area contributed by atoms with E-state index in [-0.39, 0.29) is 5.97 Å². The van der Waals surface area contributed by atoms with E-state index in [1.54, 1.807) is 18.3 Å². The Kier molecular flexibility index (Phi) is 2.60. The van der Waals surface area contributed by atoms with Crippen molar-refractivity contribution in [3.63, 3.8) is 0 Å². The molecule has 2 aromatic rings. The fourth-order valence-corrected chi connectivity index (χ4v) is 1.47. The third-order valence-electron chi connectivity index (χ3n) is 2.07. The van der Waals surface area contributed by atoms with Gasteiger partial charge in [-0.2, -0.15) is 0 Å². The predicted octanol–water partition coefficient (Wildman–Crippen LogP) is 1.86. The van der Waals surface area contributed by atoms with Gasteiger partial charge in [-0.1, -0.05) is 0 Å². The molecule has 0 unspecified atom stereocenters. The minimum atomic E-state index is -0.368. The van der Waals surface area contributed by atoms with Gasteiger partial charge in [-0.05, 0) is 12.1 Å². The molecule has 5 heteroatoms. The molecule has 0 aliphatic heterocycles. The van der Waals surface area contributed by atoms with Crippen LogP contribution in [0.5, 0.6) is 0 Å². The first kappa shape index (κ1) is 9.98. The summed E-state index contributed by atoms with van der Waals surface area (Å²) in [6.07, 6.45) is 3.58. The molecule has 0 saturated carbocycles. The number of carbonyl (C=O) groups is 1. The number of methoxy groups -OCH3 is 1. The lowest BCUT2D eigenvalue weighted by Crippen LogP contribution is -2.01. The molecule has 0 aliphatic rings. The van der Waals surface area contributed by atoms with Gasteiger partial charge in [0.05, 0.1) is 24.2 Å². The van der Waals surface area contributed by atoms with Gasteiger partial charge in [-0.15, -0.1) is 11.6 Å². The maximum atomic E-state index is 11.2. The Morgan fingerprint density at radius 3 is 3.13 bits per heavy atom. The molecule has 2 aromatic heterocycles. The minimum absolute atomic E-state index is 0.356. The number of hydrogen-bond acceptors (Lipinski definition) is 3. The Hall–Kier alpha value is -1.55. The number of pyridine rings is 1. The van der Waals surface area contributed by atoms with E-state index < -0.39 is 0 Å². The number of rotatable bonds is 2. The number of fused-ring (bicyclic) bond motifs is 1. The van der Waals surface area contributed by atoms with Crippen molar-refractivity contribution >= 4 is 23.2 Å². The summed E-state index contributed by atoms with van der Waals surface area (Å²) in [5, 5.41) is 0. The summed E-state index contributed by atoms with van der Waals surface area (Å²) in [6, 6.07) is 3.35. The topological polar surface area (TPSA) is 43.6 Å². The molecule has 0 atom stereocenters. The van der Waals surface area contributed by atoms with E-state index in [4.69, 9.17) is 11.6 Å². The second-order valence-electron chi connectivity index (χ2n) is 3.04. The van der Waals surface area contributed by atoms with Gasteiger partial charge in [-0.25, -0.2) is 9.78 Å². The van der Waals surface area contributed by atoms with Crippen LogP contribution in [0, 0.1) is 0 Å². The van der Waals surface area contributed by atoms with E-state index in [0.29, 0.717) is 17.1 Å². The van der Waals surface area contributed by atoms with Gasteiger partial charge >= 0.3 is 5.97 Å². The average Bonchev–Trinajstić information content (AvgIpc) is 2.69. The van der Waals surface area contributed by atoms with Gasteiger partial charge in [-0.3, -0.25) is 0 Å². The van der Waals surface area contributed by atoms with Crippen molar-refractivity contribution in [1.82, 2.24) is 9.38 Å². The maximum Gasteiger partial charge on any atom is 0.338 e. The SMILES string of the molecule is COC(=O)c1ccn2cc(CCl)nc2c1. The summed E-state index contributed by atoms with van der Waals surface area (Å²) in [5.74, 6) is -0.0113. The van der Waals surface area contributed by atoms with Crippen molar-refractivity contribution in [2.75, 3.05) is 7.11 Å². The van der Waals surface area contributed by atoms with Crippen molar-refractivity contribution in [3.05, 3.63) is 35.8 Å². The standard InChI is InChI=1S/C10H9ClN2O2/c1-15-10(14)7-2-3-13-6-8(5-11)12-9(13)4-7/h2-4,6H,5H2,1H3. The Labute approximate surface area is 91.4 Å². The third kappa shape index (κ3) is 1.80. The molecule has 0 N–H and O–H groups in total. The number of alkyl halides is 1. The lowest BCUT2D eigenvalue weighted by atomic mass is 10.3. The molecule has 0 radical (unpaired) electrons. The summed E-state index contributed by atoms with van der Waals surface area (Å²) < 4.78 is 6.43. The largest absolute Gasteiger partial charge is 0.465 e. The van der Waals surface area contributed by atoms with E-state index >= 15 is 0 Å². The molecule has 0 aromatic carbocycles. The molecule has 2 heterocycles. The Bertz CT molecular complexity index is 507. The fraction of sp³-hybridized carbons (Fsp3) is 0.200. The van der Waals surface area contributed by atoms with E-state index in [1.807, 2.05) is 10.6 Å². The molecule has 0 fully saturated rings. The maximum absolute atomic E-state index is 11.2. The van der Waals surface area contributed by atoms with Crippen LogP contribution in [0.25, 0.3) is 5.65 Å². The van der Waals surface area contributed by atoms with Crippen molar-refractivity contribution in [1.29, 1.82) is 0 Å². The van der Waals surface area contributed by atoms with Gasteiger partial charge in [0.1, 0.15) is 5.65 Å². The number of carbonyl (C=O) groups excluding carboxylic acids is 1. The Morgan fingerprint density at radius 2 is 2.47 bits per heavy atom. The number of hydrogen-bond donors (Lipinski definition) is 0. The van der Waals surface area contributed by atoms with Crippen molar-refractivity contribution in [2.45, 2.75) is 5.88 Å². The quantitative estimate of drug-likeness (QED) is 0.578. The van der Waals surface area contributed by atoms with Crippen LogP contribution in [0.3, 0.4) is 0 Å². The van der Waals surface area contributed by atoms with Crippen LogP contribution in [0.4, 0.5) is 0 Å². The van der Waals surface area contributed by atoms with Gasteiger partial charge in [0.2, 0.25) is 0 Å². The average molecular weight is 225 g/mol. The number of ether oxygens (including phenoxy) is 1. The smallest absolute Gasteiger partial charge is 0.338 e. The number of aromatic nitrogens is 2. The van der Waals surface area contributed by atoms with Gasteiger partial charge in [0.15, 0.2) is 0 Å². The van der Waals surface area contributed by atoms with Crippen LogP contribution >= 0.6 is 11.6 Å². The molecule has 0 spiro atoms. The fourth-order valence-electron chi connectivity index (χ4n) is 1.34. The molecule has 78 valence electrons. The highest BCUT2D eigenvalue weighted by Crippen LogP contribution is 2.10. The Morgan fingerprint density at radius 1 is 1.67 bits per heavy atom. The van der Waals surface area contributed by atoms with E-state index in [2.05, 4.69) is 9.72 Å². The molecule has 4 nitrogen and oxygen atoms in total. The summed E-state index contributed by atoms with van der Waals surface area (Å²) in [5.41, 5.74) is 1.95. The molecule has 0 amide bonds. The van der Waals surface area contributed by atoms with E-state index in [0.717, 1.165) is 5.69 Å². The molecular formula is C10H9ClN2O2. The van der Waals surface area contributed by atoms with Crippen molar-refractivity contribution in [3.8, 4) is 0 Å². The summed E-state index contributed by atoms with van der Waals surface area (Å²) >= 11 is 5.66. The first-order valence-corrected chi connectivity index (χ1v) is 4.90. The number of halogens is 1. The predicted molar refractivity (Wildman–Crippen MR) is 56.1 cm³/mol. The lowest BCUT2D eigenvalue weighted by molar-refractivity contribution is 0.0600. The van der Waals surface area contributed by atoms with Crippen molar-refractivity contribution < 1.29 is 9.53 Å². The summed E-state index contributed by atoms with van der Waals surface area (Å²) in [7, 11) is 1.35. The minimum Gasteiger partial charge on any atom is -0.465 e. The third-order valence-corrected chi connectivity index (χ3v) is 2.34. The first-order valence-electron chi connectivity index (χ1n) is 4.36. The highest BCUT2D eigenvalue weighted by Gasteiger charge is 2.07. The first-order chi connectivity index (χ1) is 7.24. The lowest BCUT2D eigenvalue weighted by Gasteiger charge is -1.98. The molecule has 15 heavy (non-hydrogen) atoms. The molecule has 2 rings (SSSR count). The van der Waals surface area contributed by atoms with Crippen LogP contribution in [-0.4, -0.2) is 22.5 Å². The highest BCUT2D eigenvalue weighted by molar-refractivity contribution is 6.16. The van der Waals surface area contributed by atoms with Crippen molar-refractivity contribution in [2.24, 2.45) is 0 Å². The summed E-state index contributed by atoms with van der Waals surface area (Å²) in [6.45, 7) is 0.